The Morgan fingerprint density at radius 3 is 2.63 bits per heavy atom. The molecule has 19 heavy (non-hydrogen) atoms. The molecule has 2 aromatic carbocycles. The molecular weight excluding hydrogens is 252 g/mol. The molecule has 1 aliphatic rings. The monoisotopic (exact) mass is 264 g/mol. The summed E-state index contributed by atoms with van der Waals surface area (Å²) in [6.45, 7) is 0.760. The van der Waals surface area contributed by atoms with Crippen LogP contribution in [-0.2, 0) is 6.54 Å². The number of aliphatic imine (C=N–C) groups is 1. The largest absolute Gasteiger partial charge is 0.349 e. The van der Waals surface area contributed by atoms with Gasteiger partial charge in [-0.2, -0.15) is 0 Å². The molecule has 0 aliphatic carbocycles. The van der Waals surface area contributed by atoms with E-state index in [-0.39, 0.29) is 0 Å². The van der Waals surface area contributed by atoms with Crippen molar-refractivity contribution in [2.75, 3.05) is 0 Å². The Morgan fingerprint density at radius 1 is 0.947 bits per heavy atom. The number of aromatic amines is 1. The molecule has 92 valence electrons. The van der Waals surface area contributed by atoms with E-state index in [0.717, 1.165) is 11.6 Å². The number of para-hydroxylation sites is 1. The first-order chi connectivity index (χ1) is 9.42. The van der Waals surface area contributed by atoms with Gasteiger partial charge in [-0.3, -0.25) is 4.99 Å². The van der Waals surface area contributed by atoms with Crippen LogP contribution in [0.25, 0.3) is 10.9 Å². The van der Waals surface area contributed by atoms with E-state index in [2.05, 4.69) is 53.5 Å². The van der Waals surface area contributed by atoms with Crippen LogP contribution in [0.5, 0.6) is 0 Å². The normalized spacial score (nSPS) is 14.2. The molecule has 0 amide bonds. The molecule has 0 spiro atoms. The summed E-state index contributed by atoms with van der Waals surface area (Å²) in [7, 11) is 0. The summed E-state index contributed by atoms with van der Waals surface area (Å²) in [6, 6.07) is 18.8. The molecule has 0 bridgehead atoms. The van der Waals surface area contributed by atoms with Crippen LogP contribution in [0.1, 0.15) is 11.1 Å². The van der Waals surface area contributed by atoms with E-state index in [4.69, 9.17) is 4.99 Å². The summed E-state index contributed by atoms with van der Waals surface area (Å²) >= 11 is 1.73. The molecule has 0 fully saturated rings. The van der Waals surface area contributed by atoms with Crippen molar-refractivity contribution in [3.05, 3.63) is 65.7 Å². The fourth-order valence-electron chi connectivity index (χ4n) is 2.43. The second kappa shape index (κ2) is 4.28. The van der Waals surface area contributed by atoms with Gasteiger partial charge in [0.05, 0.1) is 11.6 Å². The molecule has 0 atom stereocenters. The first kappa shape index (κ1) is 10.9. The number of rotatable bonds is 1. The molecule has 3 heteroatoms. The average molecular weight is 264 g/mol. The Kier molecular flexibility index (Phi) is 2.45. The second-order valence-electron chi connectivity index (χ2n) is 4.57. The van der Waals surface area contributed by atoms with E-state index in [1.54, 1.807) is 11.8 Å². The number of H-pyrrole nitrogens is 1. The van der Waals surface area contributed by atoms with Gasteiger partial charge in [0.25, 0.3) is 0 Å². The molecule has 4 rings (SSSR count). The molecule has 3 aromatic rings. The predicted molar refractivity (Wildman–Crippen MR) is 80.8 cm³/mol. The van der Waals surface area contributed by atoms with Gasteiger partial charge in [-0.1, -0.05) is 60.3 Å². The molecule has 1 N–H and O–H groups in total. The van der Waals surface area contributed by atoms with Gasteiger partial charge in [0, 0.05) is 22.0 Å². The fraction of sp³-hybridized carbons (Fsp3) is 0.0625. The summed E-state index contributed by atoms with van der Waals surface area (Å²) in [5.74, 6) is 0. The van der Waals surface area contributed by atoms with Crippen LogP contribution in [0, 0.1) is 0 Å². The van der Waals surface area contributed by atoms with Crippen LogP contribution in [0.3, 0.4) is 0 Å². The Bertz CT molecular complexity index is 772. The number of nitrogens with zero attached hydrogens (tertiary/aromatic N) is 1. The quantitative estimate of drug-likeness (QED) is 0.700. The molecule has 0 saturated carbocycles. The Morgan fingerprint density at radius 2 is 1.74 bits per heavy atom. The van der Waals surface area contributed by atoms with Crippen molar-refractivity contribution in [3.8, 4) is 0 Å². The zero-order valence-corrected chi connectivity index (χ0v) is 11.1. The maximum absolute atomic E-state index is 4.72. The van der Waals surface area contributed by atoms with Gasteiger partial charge < -0.3 is 4.98 Å². The Hall–Kier alpha value is -2.00. The first-order valence-corrected chi connectivity index (χ1v) is 7.11. The number of fused-ring (bicyclic) bond motifs is 3. The third-order valence-electron chi connectivity index (χ3n) is 3.37. The summed E-state index contributed by atoms with van der Waals surface area (Å²) in [6.07, 6.45) is 0. The van der Waals surface area contributed by atoms with Crippen molar-refractivity contribution >= 4 is 27.7 Å². The standard InChI is InChI=1S/C16H12N2S/c1-2-6-11(7-3-1)15-17-10-13-12-8-4-5-9-14(12)18-16(13)19-15/h1-9,18H,10H2. The average Bonchev–Trinajstić information content (AvgIpc) is 2.86. The van der Waals surface area contributed by atoms with E-state index in [1.807, 2.05) is 6.07 Å². The van der Waals surface area contributed by atoms with E-state index in [9.17, 15) is 0 Å². The molecule has 0 saturated heterocycles. The number of hydrogen-bond acceptors (Lipinski definition) is 2. The summed E-state index contributed by atoms with van der Waals surface area (Å²) in [4.78, 5) is 8.22. The molecule has 1 aliphatic heterocycles. The lowest BCUT2D eigenvalue weighted by molar-refractivity contribution is 1.01. The van der Waals surface area contributed by atoms with E-state index in [0.29, 0.717) is 0 Å². The van der Waals surface area contributed by atoms with E-state index in [1.165, 1.54) is 27.1 Å². The molecule has 1 aromatic heterocycles. The van der Waals surface area contributed by atoms with Gasteiger partial charge in [0.15, 0.2) is 0 Å². The lowest BCUT2D eigenvalue weighted by Gasteiger charge is -2.12. The molecule has 0 unspecified atom stereocenters. The van der Waals surface area contributed by atoms with Crippen LogP contribution < -0.4 is 0 Å². The van der Waals surface area contributed by atoms with Crippen molar-refractivity contribution in [1.29, 1.82) is 0 Å². The summed E-state index contributed by atoms with van der Waals surface area (Å²) < 4.78 is 0. The minimum atomic E-state index is 0.760. The highest BCUT2D eigenvalue weighted by atomic mass is 32.2. The first-order valence-electron chi connectivity index (χ1n) is 6.29. The summed E-state index contributed by atoms with van der Waals surface area (Å²) in [5, 5.41) is 3.62. The van der Waals surface area contributed by atoms with Crippen molar-refractivity contribution in [2.45, 2.75) is 11.6 Å². The van der Waals surface area contributed by atoms with Gasteiger partial charge in [0.1, 0.15) is 5.04 Å². The van der Waals surface area contributed by atoms with Gasteiger partial charge in [-0.25, -0.2) is 0 Å². The number of nitrogens with one attached hydrogen (secondary N) is 1. The zero-order valence-electron chi connectivity index (χ0n) is 10.3. The number of aromatic nitrogens is 1. The van der Waals surface area contributed by atoms with Crippen molar-refractivity contribution in [3.63, 3.8) is 0 Å². The smallest absolute Gasteiger partial charge is 0.104 e. The number of benzene rings is 2. The van der Waals surface area contributed by atoms with Gasteiger partial charge in [-0.05, 0) is 6.07 Å². The number of hydrogen-bond donors (Lipinski definition) is 1. The van der Waals surface area contributed by atoms with Gasteiger partial charge >= 0.3 is 0 Å². The van der Waals surface area contributed by atoms with Crippen LogP contribution in [-0.4, -0.2) is 10.0 Å². The molecular formula is C16H12N2S. The van der Waals surface area contributed by atoms with Crippen molar-refractivity contribution in [2.24, 2.45) is 4.99 Å². The minimum absolute atomic E-state index is 0.760. The highest BCUT2D eigenvalue weighted by Gasteiger charge is 2.18. The van der Waals surface area contributed by atoms with Gasteiger partial charge in [-0.15, -0.1) is 0 Å². The third-order valence-corrected chi connectivity index (χ3v) is 4.49. The highest BCUT2D eigenvalue weighted by molar-refractivity contribution is 8.14. The highest BCUT2D eigenvalue weighted by Crippen LogP contribution is 2.36. The van der Waals surface area contributed by atoms with Crippen LogP contribution in [0.2, 0.25) is 0 Å². The van der Waals surface area contributed by atoms with Crippen molar-refractivity contribution in [1.82, 2.24) is 4.98 Å². The SMILES string of the molecule is c1ccc(C2=NCc3c([nH]c4ccccc34)S2)cc1. The maximum atomic E-state index is 4.72. The fourth-order valence-corrected chi connectivity index (χ4v) is 3.47. The Labute approximate surface area is 115 Å². The second-order valence-corrected chi connectivity index (χ2v) is 5.57. The minimum Gasteiger partial charge on any atom is -0.349 e. The Balaban J connectivity index is 1.79. The van der Waals surface area contributed by atoms with Gasteiger partial charge in [0.2, 0.25) is 0 Å². The maximum Gasteiger partial charge on any atom is 0.104 e. The lowest BCUT2D eigenvalue weighted by atomic mass is 10.2. The van der Waals surface area contributed by atoms with Crippen LogP contribution in [0.15, 0.2) is 64.6 Å². The van der Waals surface area contributed by atoms with Crippen LogP contribution >= 0.6 is 11.8 Å². The van der Waals surface area contributed by atoms with E-state index < -0.39 is 0 Å². The predicted octanol–water partition coefficient (Wildman–Crippen LogP) is 4.22. The molecule has 0 radical (unpaired) electrons. The topological polar surface area (TPSA) is 28.1 Å². The lowest BCUT2D eigenvalue weighted by Crippen LogP contribution is -2.02. The number of thioether (sulfide) groups is 1. The molecule has 2 nitrogen and oxygen atoms in total. The third kappa shape index (κ3) is 1.78. The van der Waals surface area contributed by atoms with Crippen LogP contribution in [0.4, 0.5) is 0 Å². The molecule has 2 heterocycles. The summed E-state index contributed by atoms with van der Waals surface area (Å²) in [5.41, 5.74) is 3.71. The van der Waals surface area contributed by atoms with E-state index >= 15 is 0 Å². The van der Waals surface area contributed by atoms with Crippen molar-refractivity contribution < 1.29 is 0 Å². The zero-order chi connectivity index (χ0) is 12.7.